The highest BCUT2D eigenvalue weighted by atomic mass is 32.2. The molecule has 0 bridgehead atoms. The summed E-state index contributed by atoms with van der Waals surface area (Å²) < 4.78 is 82.0. The molecule has 5 rings (SSSR count). The summed E-state index contributed by atoms with van der Waals surface area (Å²) in [7, 11) is -4.11. The number of sulfonamides is 1. The molecule has 1 aliphatic heterocycles. The largest absolute Gasteiger partial charge is 0.435 e. The Morgan fingerprint density at radius 1 is 0.974 bits per heavy atom. The molecular weight excluding hydrogens is 538 g/mol. The van der Waals surface area contributed by atoms with Crippen LogP contribution in [0.2, 0.25) is 0 Å². The zero-order valence-electron chi connectivity index (χ0n) is 20.1. The second-order valence-corrected chi connectivity index (χ2v) is 10.4. The minimum atomic E-state index is -4.82. The summed E-state index contributed by atoms with van der Waals surface area (Å²) in [6.07, 6.45) is -5.05. The van der Waals surface area contributed by atoms with Crippen LogP contribution in [-0.4, -0.2) is 30.7 Å². The number of rotatable bonds is 5. The van der Waals surface area contributed by atoms with Gasteiger partial charge in [0.05, 0.1) is 16.3 Å². The number of nitrogens with zero attached hydrogens (tertiary/aromatic N) is 3. The van der Waals surface area contributed by atoms with E-state index in [-0.39, 0.29) is 58.2 Å². The van der Waals surface area contributed by atoms with Crippen LogP contribution in [0.1, 0.15) is 27.3 Å². The van der Waals surface area contributed by atoms with E-state index < -0.39 is 33.6 Å². The van der Waals surface area contributed by atoms with Crippen molar-refractivity contribution in [1.29, 1.82) is 0 Å². The molecule has 0 saturated carbocycles. The van der Waals surface area contributed by atoms with Gasteiger partial charge in [-0.3, -0.25) is 4.79 Å². The first-order valence-corrected chi connectivity index (χ1v) is 13.2. The Morgan fingerprint density at radius 2 is 1.67 bits per heavy atom. The van der Waals surface area contributed by atoms with Crippen LogP contribution in [0, 0.1) is 5.82 Å². The van der Waals surface area contributed by atoms with E-state index in [0.29, 0.717) is 5.56 Å². The number of hydrogen-bond donors (Lipinski definition) is 2. The number of amides is 1. The van der Waals surface area contributed by atoms with E-state index in [4.69, 9.17) is 10.9 Å². The maximum absolute atomic E-state index is 15.4. The van der Waals surface area contributed by atoms with Gasteiger partial charge < -0.3 is 10.6 Å². The first kappa shape index (κ1) is 26.5. The number of hydrogen-bond acceptors (Lipinski definition) is 5. The molecule has 202 valence electrons. The minimum absolute atomic E-state index is 0.0137. The second kappa shape index (κ2) is 9.59. The van der Waals surface area contributed by atoms with Gasteiger partial charge in [-0.2, -0.15) is 18.3 Å². The lowest BCUT2D eigenvalue weighted by atomic mass is 10.0. The third kappa shape index (κ3) is 4.68. The Hall–Kier alpha value is -4.07. The summed E-state index contributed by atoms with van der Waals surface area (Å²) in [4.78, 5) is 14.5. The Kier molecular flexibility index (Phi) is 6.53. The van der Waals surface area contributed by atoms with E-state index in [1.165, 1.54) is 36.4 Å². The number of halogens is 4. The first-order chi connectivity index (χ1) is 18.4. The number of primary sulfonamides is 1. The number of benzene rings is 3. The quantitative estimate of drug-likeness (QED) is 0.358. The summed E-state index contributed by atoms with van der Waals surface area (Å²) in [6, 6.07) is 15.8. The molecule has 2 heterocycles. The van der Waals surface area contributed by atoms with Gasteiger partial charge in [0.2, 0.25) is 10.0 Å². The van der Waals surface area contributed by atoms with Gasteiger partial charge >= 0.3 is 6.18 Å². The molecule has 39 heavy (non-hydrogen) atoms. The lowest BCUT2D eigenvalue weighted by Crippen LogP contribution is -2.39. The Labute approximate surface area is 220 Å². The van der Waals surface area contributed by atoms with Crippen LogP contribution in [0.5, 0.6) is 0 Å². The zero-order chi connectivity index (χ0) is 28.1. The number of aromatic nitrogens is 2. The van der Waals surface area contributed by atoms with Crippen LogP contribution < -0.4 is 15.8 Å². The van der Waals surface area contributed by atoms with E-state index in [0.717, 1.165) is 15.6 Å². The number of fused-ring (bicyclic) bond motifs is 1. The van der Waals surface area contributed by atoms with E-state index in [2.05, 4.69) is 5.10 Å². The van der Waals surface area contributed by atoms with Gasteiger partial charge in [-0.05, 0) is 41.8 Å². The number of carbonyl (C=O) groups is 1. The van der Waals surface area contributed by atoms with Gasteiger partial charge in [-0.1, -0.05) is 42.5 Å². The van der Waals surface area contributed by atoms with Crippen molar-refractivity contribution in [2.75, 3.05) is 11.4 Å². The fourth-order valence-corrected chi connectivity index (χ4v) is 5.49. The molecule has 0 spiro atoms. The van der Waals surface area contributed by atoms with E-state index in [9.17, 15) is 26.4 Å². The topological polar surface area (TPSA) is 124 Å². The molecule has 0 unspecified atom stereocenters. The van der Waals surface area contributed by atoms with E-state index >= 15 is 4.39 Å². The highest BCUT2D eigenvalue weighted by Gasteiger charge is 2.43. The van der Waals surface area contributed by atoms with Crippen molar-refractivity contribution in [3.05, 3.63) is 95.1 Å². The Morgan fingerprint density at radius 3 is 2.33 bits per heavy atom. The fraction of sp³-hybridized carbons (Fsp3) is 0.154. The molecule has 4 N–H and O–H groups in total. The van der Waals surface area contributed by atoms with Gasteiger partial charge in [0.25, 0.3) is 5.91 Å². The molecule has 1 aliphatic rings. The average Bonchev–Trinajstić information content (AvgIpc) is 3.30. The van der Waals surface area contributed by atoms with Crippen LogP contribution >= 0.6 is 0 Å². The SMILES string of the molecule is NCc1ccccc1-n1nc(C(F)(F)F)c2c1C(=O)N(c1ccc(-c3ccccc3S(N)(=O)=O)cc1F)CC2. The molecule has 1 aromatic heterocycles. The summed E-state index contributed by atoms with van der Waals surface area (Å²) in [5.41, 5.74) is 4.80. The van der Waals surface area contributed by atoms with Gasteiger partial charge in [0.15, 0.2) is 5.69 Å². The monoisotopic (exact) mass is 559 g/mol. The smallest absolute Gasteiger partial charge is 0.326 e. The predicted molar refractivity (Wildman–Crippen MR) is 135 cm³/mol. The molecule has 0 aliphatic carbocycles. The van der Waals surface area contributed by atoms with Crippen molar-refractivity contribution in [3.63, 3.8) is 0 Å². The highest BCUT2D eigenvalue weighted by Crippen LogP contribution is 2.38. The molecule has 0 fully saturated rings. The summed E-state index contributed by atoms with van der Waals surface area (Å²) in [6.45, 7) is -0.247. The summed E-state index contributed by atoms with van der Waals surface area (Å²) in [5.74, 6) is -1.75. The minimum Gasteiger partial charge on any atom is -0.326 e. The molecule has 1 amide bonds. The van der Waals surface area contributed by atoms with Gasteiger partial charge in [-0.15, -0.1) is 0 Å². The number of alkyl halides is 3. The van der Waals surface area contributed by atoms with Gasteiger partial charge in [-0.25, -0.2) is 22.6 Å². The molecule has 0 radical (unpaired) electrons. The fourth-order valence-electron chi connectivity index (χ4n) is 4.73. The molecule has 0 atom stereocenters. The third-order valence-corrected chi connectivity index (χ3v) is 7.44. The lowest BCUT2D eigenvalue weighted by Gasteiger charge is -2.28. The van der Waals surface area contributed by atoms with Crippen molar-refractivity contribution < 1.29 is 30.8 Å². The predicted octanol–water partition coefficient (Wildman–Crippen LogP) is 4.01. The molecule has 13 heteroatoms. The lowest BCUT2D eigenvalue weighted by molar-refractivity contribution is -0.141. The third-order valence-electron chi connectivity index (χ3n) is 6.47. The Bertz CT molecular complexity index is 1720. The van der Waals surface area contributed by atoms with Crippen molar-refractivity contribution in [3.8, 4) is 16.8 Å². The highest BCUT2D eigenvalue weighted by molar-refractivity contribution is 7.89. The molecule has 3 aromatic carbocycles. The van der Waals surface area contributed by atoms with Gasteiger partial charge in [0.1, 0.15) is 11.5 Å². The maximum Gasteiger partial charge on any atom is 0.435 e. The molecular formula is C26H21F4N5O3S. The van der Waals surface area contributed by atoms with Crippen molar-refractivity contribution in [1.82, 2.24) is 9.78 Å². The first-order valence-electron chi connectivity index (χ1n) is 11.6. The van der Waals surface area contributed by atoms with Crippen molar-refractivity contribution in [2.24, 2.45) is 10.9 Å². The normalized spacial score (nSPS) is 14.0. The average molecular weight is 560 g/mol. The summed E-state index contributed by atoms with van der Waals surface area (Å²) >= 11 is 0. The van der Waals surface area contributed by atoms with E-state index in [1.54, 1.807) is 24.3 Å². The number of anilines is 1. The van der Waals surface area contributed by atoms with Crippen LogP contribution in [0.25, 0.3) is 16.8 Å². The van der Waals surface area contributed by atoms with Crippen molar-refractivity contribution >= 4 is 21.6 Å². The summed E-state index contributed by atoms with van der Waals surface area (Å²) in [5, 5.41) is 9.04. The standard InChI is InChI=1S/C26H21F4N5O3S/c27-19-13-15(17-6-2-4-8-22(17)39(32,37)38)9-10-21(19)34-12-11-18-23(25(34)36)35(33-24(18)26(28,29)30)20-7-3-1-5-16(20)14-31/h1-10,13H,11-12,14,31H2,(H2,32,37,38). The molecule has 0 saturated heterocycles. The van der Waals surface area contributed by atoms with Crippen LogP contribution in [0.15, 0.2) is 71.6 Å². The molecule has 8 nitrogen and oxygen atoms in total. The maximum atomic E-state index is 15.4. The van der Waals surface area contributed by atoms with Gasteiger partial charge in [0, 0.05) is 24.2 Å². The number of para-hydroxylation sites is 1. The Balaban J connectivity index is 1.61. The number of nitrogens with two attached hydrogens (primary N) is 2. The van der Waals surface area contributed by atoms with Crippen LogP contribution in [-0.2, 0) is 29.2 Å². The van der Waals surface area contributed by atoms with Crippen LogP contribution in [0.4, 0.5) is 23.2 Å². The van der Waals surface area contributed by atoms with Crippen LogP contribution in [0.3, 0.4) is 0 Å². The van der Waals surface area contributed by atoms with E-state index in [1.807, 2.05) is 0 Å². The second-order valence-electron chi connectivity index (χ2n) is 8.83. The zero-order valence-corrected chi connectivity index (χ0v) is 20.9. The molecule has 4 aromatic rings. The van der Waals surface area contributed by atoms with Crippen molar-refractivity contribution in [2.45, 2.75) is 24.0 Å². The number of carbonyl (C=O) groups excluding carboxylic acids is 1.